The fourth-order valence-corrected chi connectivity index (χ4v) is 3.39. The van der Waals surface area contributed by atoms with Crippen molar-refractivity contribution >= 4 is 27.6 Å². The van der Waals surface area contributed by atoms with Crippen molar-refractivity contribution in [2.75, 3.05) is 6.54 Å². The Hall–Kier alpha value is -2.40. The highest BCUT2D eigenvalue weighted by Gasteiger charge is 2.41. The average molecular weight is 400 g/mol. The van der Waals surface area contributed by atoms with Crippen molar-refractivity contribution in [1.29, 1.82) is 0 Å². The van der Waals surface area contributed by atoms with E-state index in [2.05, 4.69) is 15.9 Å². The Labute approximate surface area is 154 Å². The monoisotopic (exact) mass is 399 g/mol. The number of hydrogen-bond donors (Lipinski definition) is 1. The molecule has 0 aliphatic carbocycles. The molecule has 3 rings (SSSR count). The van der Waals surface area contributed by atoms with E-state index in [0.717, 1.165) is 15.6 Å². The first kappa shape index (κ1) is 17.4. The second kappa shape index (κ2) is 7.23. The van der Waals surface area contributed by atoms with Crippen LogP contribution in [0.3, 0.4) is 0 Å². The average Bonchev–Trinajstić information content (AvgIpc) is 2.86. The van der Waals surface area contributed by atoms with Gasteiger partial charge in [-0.15, -0.1) is 0 Å². The van der Waals surface area contributed by atoms with Gasteiger partial charge < -0.3 is 10.0 Å². The molecule has 4 nitrogen and oxygen atoms in total. The lowest BCUT2D eigenvalue weighted by atomic mass is 9.96. The summed E-state index contributed by atoms with van der Waals surface area (Å²) < 4.78 is 0.911. The van der Waals surface area contributed by atoms with Gasteiger partial charge in [0.15, 0.2) is 11.5 Å². The van der Waals surface area contributed by atoms with E-state index in [1.54, 1.807) is 4.90 Å². The predicted octanol–water partition coefficient (Wildman–Crippen LogP) is 3.98. The van der Waals surface area contributed by atoms with Gasteiger partial charge in [-0.25, -0.2) is 0 Å². The van der Waals surface area contributed by atoms with Gasteiger partial charge in [0.25, 0.3) is 5.91 Å². The van der Waals surface area contributed by atoms with Crippen LogP contribution in [-0.4, -0.2) is 28.2 Å². The van der Waals surface area contributed by atoms with Gasteiger partial charge in [-0.05, 0) is 36.6 Å². The summed E-state index contributed by atoms with van der Waals surface area (Å²) in [6.07, 6.45) is 0.651. The number of nitrogens with zero attached hydrogens (tertiary/aromatic N) is 1. The van der Waals surface area contributed by atoms with Crippen LogP contribution in [0, 0.1) is 0 Å². The van der Waals surface area contributed by atoms with Crippen molar-refractivity contribution in [1.82, 2.24) is 4.90 Å². The Morgan fingerprint density at radius 3 is 2.36 bits per heavy atom. The summed E-state index contributed by atoms with van der Waals surface area (Å²) >= 11 is 3.39. The zero-order valence-corrected chi connectivity index (χ0v) is 15.4. The number of carbonyl (C=O) groups is 2. The van der Waals surface area contributed by atoms with Crippen molar-refractivity contribution < 1.29 is 14.7 Å². The molecule has 0 bridgehead atoms. The molecular formula is C20H18BrNO3. The van der Waals surface area contributed by atoms with Crippen molar-refractivity contribution in [2.24, 2.45) is 0 Å². The molecule has 0 saturated heterocycles. The Morgan fingerprint density at radius 2 is 1.76 bits per heavy atom. The van der Waals surface area contributed by atoms with Crippen LogP contribution in [0.5, 0.6) is 0 Å². The lowest BCUT2D eigenvalue weighted by molar-refractivity contribution is -0.129. The molecule has 0 saturated carbocycles. The number of rotatable bonds is 5. The molecule has 1 N–H and O–H groups in total. The van der Waals surface area contributed by atoms with E-state index in [9.17, 15) is 14.7 Å². The second-order valence-electron chi connectivity index (χ2n) is 6.01. The number of amides is 1. The summed E-state index contributed by atoms with van der Waals surface area (Å²) in [7, 11) is 0. The molecule has 0 spiro atoms. The largest absolute Gasteiger partial charge is 0.503 e. The predicted molar refractivity (Wildman–Crippen MR) is 99.1 cm³/mol. The molecular weight excluding hydrogens is 382 g/mol. The highest BCUT2D eigenvalue weighted by Crippen LogP contribution is 2.38. The summed E-state index contributed by atoms with van der Waals surface area (Å²) in [6.45, 7) is 1.80. The molecule has 1 amide bonds. The summed E-state index contributed by atoms with van der Waals surface area (Å²) in [4.78, 5) is 26.2. The van der Waals surface area contributed by atoms with Crippen LogP contribution in [0.25, 0.3) is 0 Å². The van der Waals surface area contributed by atoms with E-state index >= 15 is 0 Å². The molecule has 1 aliphatic heterocycles. The van der Waals surface area contributed by atoms with E-state index in [-0.39, 0.29) is 11.4 Å². The number of halogens is 1. The third-order valence-electron chi connectivity index (χ3n) is 4.35. The third kappa shape index (κ3) is 3.51. The highest BCUT2D eigenvalue weighted by atomic mass is 79.9. The smallest absolute Gasteiger partial charge is 0.290 e. The van der Waals surface area contributed by atoms with Crippen LogP contribution in [0.1, 0.15) is 24.1 Å². The first-order chi connectivity index (χ1) is 12.0. The quantitative estimate of drug-likeness (QED) is 0.826. The molecule has 0 radical (unpaired) electrons. The number of carbonyl (C=O) groups excluding carboxylic acids is 2. The summed E-state index contributed by atoms with van der Waals surface area (Å²) in [5, 5.41) is 10.2. The Kier molecular flexibility index (Phi) is 5.04. The van der Waals surface area contributed by atoms with E-state index in [1.165, 1.54) is 6.92 Å². The molecule has 1 heterocycles. The van der Waals surface area contributed by atoms with Crippen LogP contribution in [0.15, 0.2) is 70.4 Å². The van der Waals surface area contributed by atoms with Gasteiger partial charge >= 0.3 is 0 Å². The minimum Gasteiger partial charge on any atom is -0.503 e. The molecule has 0 fully saturated rings. The van der Waals surface area contributed by atoms with Gasteiger partial charge in [0.05, 0.1) is 11.6 Å². The van der Waals surface area contributed by atoms with Crippen LogP contribution in [0.4, 0.5) is 0 Å². The molecule has 2 aromatic carbocycles. The SMILES string of the molecule is CC(=O)C1=C(O)C(=O)N(CCc2ccccc2)[C@@H]1c1ccc(Br)cc1. The maximum Gasteiger partial charge on any atom is 0.290 e. The zero-order valence-electron chi connectivity index (χ0n) is 13.8. The molecule has 2 aromatic rings. The Balaban J connectivity index is 1.93. The van der Waals surface area contributed by atoms with Crippen molar-refractivity contribution in [3.63, 3.8) is 0 Å². The van der Waals surface area contributed by atoms with Gasteiger partial charge in [0.1, 0.15) is 0 Å². The normalized spacial score (nSPS) is 17.3. The Bertz CT molecular complexity index is 828. The maximum absolute atomic E-state index is 12.5. The van der Waals surface area contributed by atoms with Gasteiger partial charge in [-0.2, -0.15) is 0 Å². The van der Waals surface area contributed by atoms with E-state index < -0.39 is 17.7 Å². The summed E-state index contributed by atoms with van der Waals surface area (Å²) in [5.74, 6) is -1.22. The Morgan fingerprint density at radius 1 is 1.12 bits per heavy atom. The fraction of sp³-hybridized carbons (Fsp3) is 0.200. The fourth-order valence-electron chi connectivity index (χ4n) is 3.13. The number of benzene rings is 2. The van der Waals surface area contributed by atoms with E-state index in [1.807, 2.05) is 54.6 Å². The topological polar surface area (TPSA) is 57.6 Å². The minimum atomic E-state index is -0.554. The molecule has 1 aliphatic rings. The number of hydrogen-bond acceptors (Lipinski definition) is 3. The van der Waals surface area contributed by atoms with Crippen LogP contribution >= 0.6 is 15.9 Å². The van der Waals surface area contributed by atoms with E-state index in [4.69, 9.17) is 0 Å². The zero-order chi connectivity index (χ0) is 18.0. The van der Waals surface area contributed by atoms with Gasteiger partial charge in [0.2, 0.25) is 0 Å². The molecule has 25 heavy (non-hydrogen) atoms. The molecule has 5 heteroatoms. The first-order valence-corrected chi connectivity index (χ1v) is 8.82. The minimum absolute atomic E-state index is 0.167. The van der Waals surface area contributed by atoms with Crippen LogP contribution in [-0.2, 0) is 16.0 Å². The van der Waals surface area contributed by atoms with Gasteiger partial charge in [-0.1, -0.05) is 58.4 Å². The molecule has 1 atom stereocenters. The number of Topliss-reactive ketones (excluding diaryl/α,β-unsaturated/α-hetero) is 1. The second-order valence-corrected chi connectivity index (χ2v) is 6.92. The van der Waals surface area contributed by atoms with Crippen molar-refractivity contribution in [3.05, 3.63) is 81.5 Å². The summed E-state index contributed by atoms with van der Waals surface area (Å²) in [5.41, 5.74) is 2.07. The number of aliphatic hydroxyl groups is 1. The molecule has 0 aromatic heterocycles. The van der Waals surface area contributed by atoms with E-state index in [0.29, 0.717) is 13.0 Å². The van der Waals surface area contributed by atoms with Crippen molar-refractivity contribution in [3.8, 4) is 0 Å². The highest BCUT2D eigenvalue weighted by molar-refractivity contribution is 9.10. The molecule has 0 unspecified atom stereocenters. The lowest BCUT2D eigenvalue weighted by Gasteiger charge is -2.26. The summed E-state index contributed by atoms with van der Waals surface area (Å²) in [6, 6.07) is 16.7. The third-order valence-corrected chi connectivity index (χ3v) is 4.88. The first-order valence-electron chi connectivity index (χ1n) is 8.03. The van der Waals surface area contributed by atoms with Crippen LogP contribution in [0.2, 0.25) is 0 Å². The van der Waals surface area contributed by atoms with Gasteiger partial charge in [-0.3, -0.25) is 9.59 Å². The van der Waals surface area contributed by atoms with Crippen LogP contribution < -0.4 is 0 Å². The maximum atomic E-state index is 12.5. The number of aliphatic hydroxyl groups excluding tert-OH is 1. The standard InChI is InChI=1S/C20H18BrNO3/c1-13(23)17-18(15-7-9-16(21)10-8-15)22(20(25)19(17)24)12-11-14-5-3-2-4-6-14/h2-10,18,24H,11-12H2,1H3/t18-/m1/s1. The van der Waals surface area contributed by atoms with Gasteiger partial charge in [0, 0.05) is 11.0 Å². The number of ketones is 1. The molecule has 128 valence electrons. The lowest BCUT2D eigenvalue weighted by Crippen LogP contribution is -2.32. The van der Waals surface area contributed by atoms with Crippen molar-refractivity contribution in [2.45, 2.75) is 19.4 Å².